The topological polar surface area (TPSA) is 69.7 Å². The number of carbonyl (C=O) groups is 1. The zero-order chi connectivity index (χ0) is 21.3. The normalized spacial score (nSPS) is 10.4. The smallest absolute Gasteiger partial charge is 0.412 e. The summed E-state index contributed by atoms with van der Waals surface area (Å²) in [4.78, 5) is 15.7. The number of anilines is 1. The highest BCUT2D eigenvalue weighted by molar-refractivity contribution is 6.31. The van der Waals surface area contributed by atoms with Gasteiger partial charge in [-0.3, -0.25) is 5.32 Å². The summed E-state index contributed by atoms with van der Waals surface area (Å²) in [6.07, 6.45) is -0.180. The maximum atomic E-state index is 14.1. The lowest BCUT2D eigenvalue weighted by Gasteiger charge is -2.14. The van der Waals surface area contributed by atoms with Gasteiger partial charge < -0.3 is 14.2 Å². The van der Waals surface area contributed by atoms with E-state index in [2.05, 4.69) is 10.3 Å². The Morgan fingerprint density at radius 2 is 1.80 bits per heavy atom. The molecule has 1 amide bonds. The van der Waals surface area contributed by atoms with E-state index in [0.717, 1.165) is 11.6 Å². The number of carbonyl (C=O) groups excluding carboxylic acids is 1. The SMILES string of the molecule is CCCOC(=O)Nc1nc(Oc2ccccc2OCc2ccccc2)c(Cl)cc1F. The Morgan fingerprint density at radius 1 is 1.10 bits per heavy atom. The predicted octanol–water partition coefficient (Wildman–Crippen LogP) is 6.20. The number of nitrogens with zero attached hydrogens (tertiary/aromatic N) is 1. The van der Waals surface area contributed by atoms with Crippen LogP contribution in [0.5, 0.6) is 17.4 Å². The summed E-state index contributed by atoms with van der Waals surface area (Å²) >= 11 is 6.08. The Morgan fingerprint density at radius 3 is 2.53 bits per heavy atom. The molecule has 0 aliphatic heterocycles. The molecule has 3 aromatic rings. The van der Waals surface area contributed by atoms with Gasteiger partial charge in [-0.25, -0.2) is 9.18 Å². The largest absolute Gasteiger partial charge is 0.485 e. The first-order valence-electron chi connectivity index (χ1n) is 9.30. The molecule has 0 aliphatic rings. The van der Waals surface area contributed by atoms with Crippen LogP contribution in [0.25, 0.3) is 0 Å². The zero-order valence-corrected chi connectivity index (χ0v) is 17.0. The average Bonchev–Trinajstić information content (AvgIpc) is 2.75. The van der Waals surface area contributed by atoms with E-state index in [0.29, 0.717) is 24.5 Å². The van der Waals surface area contributed by atoms with E-state index in [1.165, 1.54) is 0 Å². The fraction of sp³-hybridized carbons (Fsp3) is 0.182. The molecule has 0 radical (unpaired) electrons. The molecular formula is C22H20ClFN2O4. The average molecular weight is 431 g/mol. The van der Waals surface area contributed by atoms with Gasteiger partial charge in [-0.2, -0.15) is 4.98 Å². The highest BCUT2D eigenvalue weighted by Crippen LogP contribution is 2.35. The molecule has 0 atom stereocenters. The summed E-state index contributed by atoms with van der Waals surface area (Å²) in [6.45, 7) is 2.38. The van der Waals surface area contributed by atoms with Gasteiger partial charge in [0, 0.05) is 6.07 Å². The molecule has 1 aromatic heterocycles. The van der Waals surface area contributed by atoms with Crippen LogP contribution in [0, 0.1) is 5.82 Å². The number of nitrogens with one attached hydrogen (secondary N) is 1. The van der Waals surface area contributed by atoms with E-state index in [1.54, 1.807) is 24.3 Å². The van der Waals surface area contributed by atoms with E-state index in [1.807, 2.05) is 37.3 Å². The maximum absolute atomic E-state index is 14.1. The number of rotatable bonds is 8. The predicted molar refractivity (Wildman–Crippen MR) is 112 cm³/mol. The summed E-state index contributed by atoms with van der Waals surface area (Å²) in [6, 6.07) is 17.6. The lowest BCUT2D eigenvalue weighted by atomic mass is 10.2. The second-order valence-corrected chi connectivity index (χ2v) is 6.60. The summed E-state index contributed by atoms with van der Waals surface area (Å²) < 4.78 is 30.6. The highest BCUT2D eigenvalue weighted by Gasteiger charge is 2.17. The number of benzene rings is 2. The van der Waals surface area contributed by atoms with Crippen LogP contribution in [0.15, 0.2) is 60.7 Å². The lowest BCUT2D eigenvalue weighted by Crippen LogP contribution is -2.16. The van der Waals surface area contributed by atoms with Gasteiger partial charge in [0.15, 0.2) is 23.1 Å². The highest BCUT2D eigenvalue weighted by atomic mass is 35.5. The van der Waals surface area contributed by atoms with Gasteiger partial charge in [-0.15, -0.1) is 0 Å². The summed E-state index contributed by atoms with van der Waals surface area (Å²) in [5.74, 6) is -0.443. The third-order valence-corrected chi connectivity index (χ3v) is 4.12. The van der Waals surface area contributed by atoms with Crippen molar-refractivity contribution in [3.63, 3.8) is 0 Å². The quantitative estimate of drug-likeness (QED) is 0.460. The Kier molecular flexibility index (Phi) is 7.45. The summed E-state index contributed by atoms with van der Waals surface area (Å²) in [5.41, 5.74) is 0.988. The minimum atomic E-state index is -0.817. The van der Waals surface area contributed by atoms with Gasteiger partial charge in [0.05, 0.1) is 6.61 Å². The fourth-order valence-corrected chi connectivity index (χ4v) is 2.61. The number of halogens is 2. The molecule has 1 N–H and O–H groups in total. The lowest BCUT2D eigenvalue weighted by molar-refractivity contribution is 0.161. The molecule has 1 heterocycles. The van der Waals surface area contributed by atoms with Crippen LogP contribution in [0.3, 0.4) is 0 Å². The van der Waals surface area contributed by atoms with Crippen molar-refractivity contribution in [2.75, 3.05) is 11.9 Å². The van der Waals surface area contributed by atoms with Crippen LogP contribution < -0.4 is 14.8 Å². The number of ether oxygens (including phenoxy) is 3. The van der Waals surface area contributed by atoms with Crippen LogP contribution in [0.4, 0.5) is 15.0 Å². The Balaban J connectivity index is 1.77. The molecule has 0 unspecified atom stereocenters. The van der Waals surface area contributed by atoms with Gasteiger partial charge in [0.2, 0.25) is 5.88 Å². The number of para-hydroxylation sites is 2. The number of aromatic nitrogens is 1. The molecule has 2 aromatic carbocycles. The second kappa shape index (κ2) is 10.5. The van der Waals surface area contributed by atoms with Gasteiger partial charge >= 0.3 is 6.09 Å². The molecule has 0 bridgehead atoms. The summed E-state index contributed by atoms with van der Waals surface area (Å²) in [5, 5.41) is 2.18. The number of hydrogen-bond donors (Lipinski definition) is 1. The van der Waals surface area contributed by atoms with E-state index < -0.39 is 11.9 Å². The van der Waals surface area contributed by atoms with Gasteiger partial charge in [-0.05, 0) is 24.1 Å². The number of amides is 1. The first-order valence-corrected chi connectivity index (χ1v) is 9.68. The van der Waals surface area contributed by atoms with E-state index in [9.17, 15) is 9.18 Å². The molecule has 0 aliphatic carbocycles. The monoisotopic (exact) mass is 430 g/mol. The van der Waals surface area contributed by atoms with Crippen molar-refractivity contribution in [3.8, 4) is 17.4 Å². The van der Waals surface area contributed by atoms with Crippen molar-refractivity contribution in [1.29, 1.82) is 0 Å². The van der Waals surface area contributed by atoms with Gasteiger partial charge in [0.25, 0.3) is 0 Å². The van der Waals surface area contributed by atoms with E-state index in [4.69, 9.17) is 25.8 Å². The van der Waals surface area contributed by atoms with Crippen molar-refractivity contribution in [2.24, 2.45) is 0 Å². The Labute approximate surface area is 178 Å². The van der Waals surface area contributed by atoms with Crippen LogP contribution in [0.1, 0.15) is 18.9 Å². The van der Waals surface area contributed by atoms with Crippen molar-refractivity contribution in [3.05, 3.63) is 77.1 Å². The Bertz CT molecular complexity index is 1000. The maximum Gasteiger partial charge on any atom is 0.412 e. The second-order valence-electron chi connectivity index (χ2n) is 6.19. The Hall–Kier alpha value is -3.32. The molecule has 6 nitrogen and oxygen atoms in total. The van der Waals surface area contributed by atoms with Gasteiger partial charge in [0.1, 0.15) is 11.6 Å². The molecular weight excluding hydrogens is 411 g/mol. The van der Waals surface area contributed by atoms with Crippen LogP contribution >= 0.6 is 11.6 Å². The molecule has 0 spiro atoms. The van der Waals surface area contributed by atoms with E-state index >= 15 is 0 Å². The van der Waals surface area contributed by atoms with Gasteiger partial charge in [-0.1, -0.05) is 61.0 Å². The molecule has 0 fully saturated rings. The van der Waals surface area contributed by atoms with Crippen molar-refractivity contribution >= 4 is 23.5 Å². The van der Waals surface area contributed by atoms with Crippen molar-refractivity contribution in [2.45, 2.75) is 20.0 Å². The molecule has 0 saturated carbocycles. The summed E-state index contributed by atoms with van der Waals surface area (Å²) in [7, 11) is 0. The first-order chi connectivity index (χ1) is 14.6. The third kappa shape index (κ3) is 5.84. The molecule has 8 heteroatoms. The third-order valence-electron chi connectivity index (χ3n) is 3.85. The zero-order valence-electron chi connectivity index (χ0n) is 16.2. The van der Waals surface area contributed by atoms with Crippen LogP contribution in [-0.4, -0.2) is 17.7 Å². The molecule has 3 rings (SSSR count). The standard InChI is InChI=1S/C22H20ClFN2O4/c1-2-12-28-22(27)26-20-17(24)13-16(23)21(25-20)30-19-11-7-6-10-18(19)29-14-15-8-4-3-5-9-15/h3-11,13H,2,12,14H2,1H3,(H,25,26,27). The van der Waals surface area contributed by atoms with Crippen LogP contribution in [-0.2, 0) is 11.3 Å². The minimum Gasteiger partial charge on any atom is -0.485 e. The molecule has 156 valence electrons. The van der Waals surface area contributed by atoms with E-state index in [-0.39, 0.29) is 23.3 Å². The van der Waals surface area contributed by atoms with Crippen LogP contribution in [0.2, 0.25) is 5.02 Å². The first kappa shape index (κ1) is 21.4. The number of hydrogen-bond acceptors (Lipinski definition) is 5. The molecule has 30 heavy (non-hydrogen) atoms. The van der Waals surface area contributed by atoms with Crippen molar-refractivity contribution in [1.82, 2.24) is 4.98 Å². The van der Waals surface area contributed by atoms with Crippen molar-refractivity contribution < 1.29 is 23.4 Å². The fourth-order valence-electron chi connectivity index (χ4n) is 2.43. The number of pyridine rings is 1. The molecule has 0 saturated heterocycles. The minimum absolute atomic E-state index is 0.0576.